The summed E-state index contributed by atoms with van der Waals surface area (Å²) >= 11 is 0. The lowest BCUT2D eigenvalue weighted by Crippen LogP contribution is -2.44. The van der Waals surface area contributed by atoms with Crippen molar-refractivity contribution in [3.63, 3.8) is 0 Å². The van der Waals surface area contributed by atoms with Crippen LogP contribution in [0.4, 0.5) is 4.79 Å². The predicted molar refractivity (Wildman–Crippen MR) is 94.7 cm³/mol. The van der Waals surface area contributed by atoms with Crippen LogP contribution in [0.2, 0.25) is 0 Å². The maximum Gasteiger partial charge on any atom is 0.410 e. The molecule has 0 aromatic heterocycles. The highest BCUT2D eigenvalue weighted by Crippen LogP contribution is 2.37. The molecule has 1 aliphatic heterocycles. The molecule has 140 valence electrons. The van der Waals surface area contributed by atoms with Crippen LogP contribution < -0.4 is 5.32 Å². The van der Waals surface area contributed by atoms with Gasteiger partial charge in [0.1, 0.15) is 11.0 Å². The first kappa shape index (κ1) is 19.6. The van der Waals surface area contributed by atoms with Gasteiger partial charge in [-0.3, -0.25) is 4.79 Å². The molecule has 0 radical (unpaired) electrons. The van der Waals surface area contributed by atoms with E-state index in [1.807, 2.05) is 20.8 Å². The molecule has 1 heterocycles. The van der Waals surface area contributed by atoms with E-state index in [2.05, 4.69) is 11.4 Å². The molecule has 2 aliphatic rings. The van der Waals surface area contributed by atoms with Crippen molar-refractivity contribution in [3.8, 4) is 6.07 Å². The molecule has 25 heavy (non-hydrogen) atoms. The van der Waals surface area contributed by atoms with Gasteiger partial charge in [-0.1, -0.05) is 12.8 Å². The average Bonchev–Trinajstić information content (AvgIpc) is 3.04. The van der Waals surface area contributed by atoms with Crippen LogP contribution in [0.5, 0.6) is 0 Å². The number of nitrogens with one attached hydrogen (secondary N) is 1. The topological polar surface area (TPSA) is 82.4 Å². The summed E-state index contributed by atoms with van der Waals surface area (Å²) in [5.74, 6) is 0.246. The molecule has 0 aromatic carbocycles. The number of ether oxygens (including phenoxy) is 1. The Morgan fingerprint density at radius 1 is 1.28 bits per heavy atom. The van der Waals surface area contributed by atoms with E-state index < -0.39 is 11.0 Å². The molecule has 1 saturated carbocycles. The minimum atomic E-state index is -0.810. The third-order valence-corrected chi connectivity index (χ3v) is 5.11. The zero-order valence-electron chi connectivity index (χ0n) is 15.8. The molecule has 0 aromatic rings. The number of hydrogen-bond acceptors (Lipinski definition) is 4. The SMILES string of the molecule is CC(C)(C)OC(=O)N1CCCC(CCNC(=O)C2(C#N)CCCC2)C1. The lowest BCUT2D eigenvalue weighted by atomic mass is 9.87. The Balaban J connectivity index is 1.76. The van der Waals surface area contributed by atoms with E-state index in [1.165, 1.54) is 0 Å². The molecule has 0 bridgehead atoms. The van der Waals surface area contributed by atoms with Gasteiger partial charge >= 0.3 is 6.09 Å². The average molecular weight is 349 g/mol. The molecule has 1 N–H and O–H groups in total. The quantitative estimate of drug-likeness (QED) is 0.845. The number of likely N-dealkylation sites (tertiary alicyclic amines) is 1. The van der Waals surface area contributed by atoms with E-state index in [-0.39, 0.29) is 12.0 Å². The fraction of sp³-hybridized carbons (Fsp3) is 0.842. The Morgan fingerprint density at radius 3 is 2.56 bits per heavy atom. The molecule has 6 nitrogen and oxygen atoms in total. The van der Waals surface area contributed by atoms with Crippen molar-refractivity contribution in [2.24, 2.45) is 11.3 Å². The molecule has 1 aliphatic carbocycles. The van der Waals surface area contributed by atoms with E-state index in [0.29, 0.717) is 31.8 Å². The molecule has 0 spiro atoms. The maximum absolute atomic E-state index is 12.4. The largest absolute Gasteiger partial charge is 0.444 e. The van der Waals surface area contributed by atoms with Crippen LogP contribution in [0.3, 0.4) is 0 Å². The van der Waals surface area contributed by atoms with Gasteiger partial charge in [0.15, 0.2) is 0 Å². The third-order valence-electron chi connectivity index (χ3n) is 5.11. The fourth-order valence-corrected chi connectivity index (χ4v) is 3.72. The van der Waals surface area contributed by atoms with Crippen LogP contribution in [0.1, 0.15) is 65.7 Å². The van der Waals surface area contributed by atoms with Gasteiger partial charge in [-0.05, 0) is 58.8 Å². The Morgan fingerprint density at radius 2 is 1.96 bits per heavy atom. The fourth-order valence-electron chi connectivity index (χ4n) is 3.72. The molecule has 1 saturated heterocycles. The summed E-state index contributed by atoms with van der Waals surface area (Å²) in [6.45, 7) is 7.58. The third kappa shape index (κ3) is 5.35. The Hall–Kier alpha value is -1.77. The maximum atomic E-state index is 12.4. The van der Waals surface area contributed by atoms with Gasteiger partial charge in [-0.15, -0.1) is 0 Å². The number of nitrogens with zero attached hydrogens (tertiary/aromatic N) is 2. The van der Waals surface area contributed by atoms with Crippen molar-refractivity contribution in [1.82, 2.24) is 10.2 Å². The van der Waals surface area contributed by atoms with Gasteiger partial charge in [-0.25, -0.2) is 4.79 Å². The molecule has 2 rings (SSSR count). The summed E-state index contributed by atoms with van der Waals surface area (Å²) in [5.41, 5.74) is -1.29. The van der Waals surface area contributed by atoms with Crippen LogP contribution in [0.25, 0.3) is 0 Å². The Bertz CT molecular complexity index is 527. The van der Waals surface area contributed by atoms with E-state index in [9.17, 15) is 14.9 Å². The van der Waals surface area contributed by atoms with Crippen LogP contribution in [-0.2, 0) is 9.53 Å². The van der Waals surface area contributed by atoms with Crippen molar-refractivity contribution in [2.45, 2.75) is 71.3 Å². The summed E-state index contributed by atoms with van der Waals surface area (Å²) in [5, 5.41) is 12.3. The second kappa shape index (κ2) is 8.07. The summed E-state index contributed by atoms with van der Waals surface area (Å²) in [6, 6.07) is 2.23. The standard InChI is InChI=1S/C19H31N3O3/c1-18(2,3)25-17(24)22-12-6-7-15(13-22)8-11-21-16(23)19(14-20)9-4-5-10-19/h15H,4-13H2,1-3H3,(H,21,23). The Labute approximate surface area is 150 Å². The van der Waals surface area contributed by atoms with Gasteiger partial charge in [0.25, 0.3) is 0 Å². The van der Waals surface area contributed by atoms with E-state index in [4.69, 9.17) is 4.74 Å². The molecule has 1 unspecified atom stereocenters. The monoisotopic (exact) mass is 349 g/mol. The molecule has 1 atom stereocenters. The highest BCUT2D eigenvalue weighted by molar-refractivity contribution is 5.85. The van der Waals surface area contributed by atoms with Crippen molar-refractivity contribution < 1.29 is 14.3 Å². The molecular weight excluding hydrogens is 318 g/mol. The van der Waals surface area contributed by atoms with E-state index in [0.717, 1.165) is 38.6 Å². The van der Waals surface area contributed by atoms with Gasteiger partial charge < -0.3 is 15.0 Å². The lowest BCUT2D eigenvalue weighted by Gasteiger charge is -2.34. The second-order valence-corrected chi connectivity index (χ2v) is 8.38. The van der Waals surface area contributed by atoms with Crippen molar-refractivity contribution >= 4 is 12.0 Å². The summed E-state index contributed by atoms with van der Waals surface area (Å²) in [7, 11) is 0. The zero-order chi connectivity index (χ0) is 18.5. The highest BCUT2D eigenvalue weighted by atomic mass is 16.6. The molecule has 2 amide bonds. The number of amides is 2. The summed E-state index contributed by atoms with van der Waals surface area (Å²) < 4.78 is 5.44. The number of hydrogen-bond donors (Lipinski definition) is 1. The number of rotatable bonds is 4. The Kier molecular flexibility index (Phi) is 6.31. The number of carbonyl (C=O) groups excluding carboxylic acids is 2. The minimum absolute atomic E-state index is 0.118. The van der Waals surface area contributed by atoms with E-state index >= 15 is 0 Å². The first-order chi connectivity index (χ1) is 11.8. The normalized spacial score (nSPS) is 23.0. The minimum Gasteiger partial charge on any atom is -0.444 e. The summed E-state index contributed by atoms with van der Waals surface area (Å²) in [6.07, 6.45) is 5.83. The van der Waals surface area contributed by atoms with Crippen LogP contribution in [0, 0.1) is 22.7 Å². The van der Waals surface area contributed by atoms with Crippen molar-refractivity contribution in [2.75, 3.05) is 19.6 Å². The smallest absolute Gasteiger partial charge is 0.410 e. The van der Waals surface area contributed by atoms with Crippen molar-refractivity contribution in [1.29, 1.82) is 5.26 Å². The lowest BCUT2D eigenvalue weighted by molar-refractivity contribution is -0.128. The predicted octanol–water partition coefficient (Wildman–Crippen LogP) is 3.22. The van der Waals surface area contributed by atoms with Crippen LogP contribution >= 0.6 is 0 Å². The summed E-state index contributed by atoms with van der Waals surface area (Å²) in [4.78, 5) is 26.3. The highest BCUT2D eigenvalue weighted by Gasteiger charge is 2.41. The van der Waals surface area contributed by atoms with Crippen LogP contribution in [-0.4, -0.2) is 42.1 Å². The van der Waals surface area contributed by atoms with Crippen molar-refractivity contribution in [3.05, 3.63) is 0 Å². The van der Waals surface area contributed by atoms with Gasteiger partial charge in [0.05, 0.1) is 6.07 Å². The molecule has 6 heteroatoms. The number of piperidine rings is 1. The zero-order valence-corrected chi connectivity index (χ0v) is 15.8. The van der Waals surface area contributed by atoms with Crippen LogP contribution in [0.15, 0.2) is 0 Å². The molecular formula is C19H31N3O3. The number of carbonyl (C=O) groups is 2. The first-order valence-corrected chi connectivity index (χ1v) is 9.43. The second-order valence-electron chi connectivity index (χ2n) is 8.38. The number of nitriles is 1. The van der Waals surface area contributed by atoms with Gasteiger partial charge in [-0.2, -0.15) is 5.26 Å². The van der Waals surface area contributed by atoms with Gasteiger partial charge in [0.2, 0.25) is 5.91 Å². The van der Waals surface area contributed by atoms with E-state index in [1.54, 1.807) is 4.90 Å². The first-order valence-electron chi connectivity index (χ1n) is 9.43. The molecule has 2 fully saturated rings. The van der Waals surface area contributed by atoms with Gasteiger partial charge in [0, 0.05) is 19.6 Å².